The molecule has 0 aliphatic carbocycles. The maximum Gasteiger partial charge on any atom is 0.265 e. The van der Waals surface area contributed by atoms with Crippen molar-refractivity contribution in [1.82, 2.24) is 14.8 Å². The van der Waals surface area contributed by atoms with Crippen LogP contribution in [0.2, 0.25) is 0 Å². The van der Waals surface area contributed by atoms with Gasteiger partial charge >= 0.3 is 0 Å². The summed E-state index contributed by atoms with van der Waals surface area (Å²) < 4.78 is 7.25. The van der Waals surface area contributed by atoms with Crippen LogP contribution in [0.3, 0.4) is 0 Å². The number of anilines is 2. The predicted molar refractivity (Wildman–Crippen MR) is 77.9 cm³/mol. The van der Waals surface area contributed by atoms with E-state index in [1.54, 1.807) is 23.1 Å². The van der Waals surface area contributed by atoms with Crippen LogP contribution in [0, 0.1) is 0 Å². The van der Waals surface area contributed by atoms with E-state index in [1.165, 1.54) is 6.33 Å². The van der Waals surface area contributed by atoms with Crippen molar-refractivity contribution in [2.75, 3.05) is 17.2 Å². The predicted octanol–water partition coefficient (Wildman–Crippen LogP) is 1.20. The van der Waals surface area contributed by atoms with Crippen LogP contribution in [0.5, 0.6) is 5.75 Å². The van der Waals surface area contributed by atoms with Gasteiger partial charge in [-0.05, 0) is 18.6 Å². The number of carbonyl (C=O) groups is 1. The molecule has 1 amide bonds. The number of carbonyl (C=O) groups excluding carboxylic acids is 1. The van der Waals surface area contributed by atoms with Gasteiger partial charge in [0.2, 0.25) is 0 Å². The van der Waals surface area contributed by atoms with Crippen LogP contribution in [-0.4, -0.2) is 27.3 Å². The molecule has 1 aliphatic heterocycles. The highest BCUT2D eigenvalue weighted by molar-refractivity contribution is 5.97. The maximum atomic E-state index is 12.1. The number of ether oxygens (including phenoxy) is 1. The van der Waals surface area contributed by atoms with Crippen LogP contribution < -0.4 is 15.4 Å². The summed E-state index contributed by atoms with van der Waals surface area (Å²) in [4.78, 5) is 18.1. The number of nitrogen functional groups attached to an aromatic ring is 1. The second-order valence-electron chi connectivity index (χ2n) is 4.90. The highest BCUT2D eigenvalue weighted by Gasteiger charge is 2.27. The van der Waals surface area contributed by atoms with Crippen molar-refractivity contribution in [1.29, 1.82) is 0 Å². The van der Waals surface area contributed by atoms with E-state index in [9.17, 15) is 4.79 Å². The summed E-state index contributed by atoms with van der Waals surface area (Å²) in [5, 5.41) is 4.18. The van der Waals surface area contributed by atoms with Gasteiger partial charge in [-0.3, -0.25) is 9.69 Å². The fourth-order valence-corrected chi connectivity index (χ4v) is 2.34. The van der Waals surface area contributed by atoms with Crippen molar-refractivity contribution in [3.8, 4) is 5.75 Å². The molecule has 1 aliphatic rings. The number of benzene rings is 1. The summed E-state index contributed by atoms with van der Waals surface area (Å²) in [5.41, 5.74) is 7.07. The Kier molecular flexibility index (Phi) is 3.47. The number of fused-ring (bicyclic) bond motifs is 1. The molecule has 110 valence electrons. The molecule has 0 radical (unpaired) electrons. The zero-order chi connectivity index (χ0) is 14.8. The summed E-state index contributed by atoms with van der Waals surface area (Å²) in [6, 6.07) is 5.28. The van der Waals surface area contributed by atoms with E-state index in [1.807, 2.05) is 4.68 Å². The Labute approximate surface area is 122 Å². The van der Waals surface area contributed by atoms with Crippen molar-refractivity contribution in [2.24, 2.45) is 0 Å². The molecule has 2 aromatic rings. The van der Waals surface area contributed by atoms with E-state index < -0.39 is 0 Å². The SMILES string of the molecule is CCCn1ncnc1CN1C(=O)COc2cc(N)ccc21. The molecule has 2 N–H and O–H groups in total. The Hall–Kier alpha value is -2.57. The summed E-state index contributed by atoms with van der Waals surface area (Å²) in [6.07, 6.45) is 2.47. The van der Waals surface area contributed by atoms with Crippen LogP contribution in [0.1, 0.15) is 19.2 Å². The minimum absolute atomic E-state index is 0.0123. The number of hydrogen-bond donors (Lipinski definition) is 1. The summed E-state index contributed by atoms with van der Waals surface area (Å²) in [5.74, 6) is 1.28. The van der Waals surface area contributed by atoms with Gasteiger partial charge in [-0.25, -0.2) is 9.67 Å². The van der Waals surface area contributed by atoms with Gasteiger partial charge in [-0.1, -0.05) is 6.92 Å². The summed E-state index contributed by atoms with van der Waals surface area (Å²) >= 11 is 0. The lowest BCUT2D eigenvalue weighted by atomic mass is 10.2. The fraction of sp³-hybridized carbons (Fsp3) is 0.357. The van der Waals surface area contributed by atoms with E-state index in [0.29, 0.717) is 23.7 Å². The van der Waals surface area contributed by atoms with Gasteiger partial charge in [-0.15, -0.1) is 0 Å². The van der Waals surface area contributed by atoms with Crippen LogP contribution in [0.25, 0.3) is 0 Å². The first-order chi connectivity index (χ1) is 10.2. The average molecular weight is 287 g/mol. The van der Waals surface area contributed by atoms with Gasteiger partial charge in [0.15, 0.2) is 6.61 Å². The van der Waals surface area contributed by atoms with E-state index in [0.717, 1.165) is 18.8 Å². The molecule has 0 saturated heterocycles. The molecule has 2 heterocycles. The second-order valence-corrected chi connectivity index (χ2v) is 4.90. The summed E-state index contributed by atoms with van der Waals surface area (Å²) in [7, 11) is 0. The molecule has 21 heavy (non-hydrogen) atoms. The molecule has 3 rings (SSSR count). The van der Waals surface area contributed by atoms with Gasteiger partial charge in [0.1, 0.15) is 17.9 Å². The Morgan fingerprint density at radius 1 is 1.43 bits per heavy atom. The molecular weight excluding hydrogens is 270 g/mol. The molecule has 0 spiro atoms. The number of nitrogens with two attached hydrogens (primary N) is 1. The van der Waals surface area contributed by atoms with Crippen molar-refractivity contribution >= 4 is 17.3 Å². The van der Waals surface area contributed by atoms with Crippen molar-refractivity contribution in [2.45, 2.75) is 26.4 Å². The molecule has 0 atom stereocenters. The second kappa shape index (κ2) is 5.43. The first-order valence-corrected chi connectivity index (χ1v) is 6.88. The number of amides is 1. The van der Waals surface area contributed by atoms with Gasteiger partial charge in [0.05, 0.1) is 12.2 Å². The molecule has 7 nitrogen and oxygen atoms in total. The normalized spacial score (nSPS) is 14.0. The third-order valence-electron chi connectivity index (χ3n) is 3.36. The standard InChI is InChI=1S/C14H17N5O2/c1-2-5-19-13(16-9-17-19)7-18-11-4-3-10(15)6-12(11)21-8-14(18)20/h3-4,6,9H,2,5,7-8,15H2,1H3. The quantitative estimate of drug-likeness (QED) is 0.854. The molecule has 0 saturated carbocycles. The van der Waals surface area contributed by atoms with Crippen molar-refractivity contribution in [3.63, 3.8) is 0 Å². The summed E-state index contributed by atoms with van der Waals surface area (Å²) in [6.45, 7) is 3.24. The number of aromatic nitrogens is 3. The zero-order valence-corrected chi connectivity index (χ0v) is 11.8. The highest BCUT2D eigenvalue weighted by Crippen LogP contribution is 2.34. The Balaban J connectivity index is 1.91. The van der Waals surface area contributed by atoms with Crippen molar-refractivity contribution < 1.29 is 9.53 Å². The van der Waals surface area contributed by atoms with Gasteiger partial charge in [-0.2, -0.15) is 5.10 Å². The van der Waals surface area contributed by atoms with Gasteiger partial charge in [0.25, 0.3) is 5.91 Å². The smallest absolute Gasteiger partial charge is 0.265 e. The molecule has 7 heteroatoms. The lowest BCUT2D eigenvalue weighted by Gasteiger charge is -2.29. The first-order valence-electron chi connectivity index (χ1n) is 6.88. The van der Waals surface area contributed by atoms with E-state index in [2.05, 4.69) is 17.0 Å². The van der Waals surface area contributed by atoms with Crippen LogP contribution in [0.4, 0.5) is 11.4 Å². The number of nitrogens with zero attached hydrogens (tertiary/aromatic N) is 4. The molecule has 0 bridgehead atoms. The fourth-order valence-electron chi connectivity index (χ4n) is 2.34. The van der Waals surface area contributed by atoms with Gasteiger partial charge in [0, 0.05) is 18.3 Å². The van der Waals surface area contributed by atoms with Crippen LogP contribution in [0.15, 0.2) is 24.5 Å². The van der Waals surface area contributed by atoms with Gasteiger partial charge < -0.3 is 10.5 Å². The highest BCUT2D eigenvalue weighted by atomic mass is 16.5. The molecular formula is C14H17N5O2. The first kappa shape index (κ1) is 13.4. The zero-order valence-electron chi connectivity index (χ0n) is 11.8. The topological polar surface area (TPSA) is 86.3 Å². The average Bonchev–Trinajstić information content (AvgIpc) is 2.90. The maximum absolute atomic E-state index is 12.1. The molecule has 1 aromatic heterocycles. The Bertz CT molecular complexity index is 667. The lowest BCUT2D eigenvalue weighted by molar-refractivity contribution is -0.121. The molecule has 0 fully saturated rings. The van der Waals surface area contributed by atoms with Crippen molar-refractivity contribution in [3.05, 3.63) is 30.4 Å². The largest absolute Gasteiger partial charge is 0.481 e. The number of rotatable bonds is 4. The lowest BCUT2D eigenvalue weighted by Crippen LogP contribution is -2.39. The minimum Gasteiger partial charge on any atom is -0.481 e. The molecule has 1 aromatic carbocycles. The van der Waals surface area contributed by atoms with E-state index in [4.69, 9.17) is 10.5 Å². The Morgan fingerprint density at radius 3 is 3.10 bits per heavy atom. The Morgan fingerprint density at radius 2 is 2.29 bits per heavy atom. The molecule has 0 unspecified atom stereocenters. The van der Waals surface area contributed by atoms with Crippen LogP contribution in [-0.2, 0) is 17.9 Å². The van der Waals surface area contributed by atoms with Crippen LogP contribution >= 0.6 is 0 Å². The number of aryl methyl sites for hydroxylation is 1. The monoisotopic (exact) mass is 287 g/mol. The van der Waals surface area contributed by atoms with E-state index in [-0.39, 0.29) is 12.5 Å². The minimum atomic E-state index is -0.0988. The van der Waals surface area contributed by atoms with E-state index >= 15 is 0 Å². The number of hydrogen-bond acceptors (Lipinski definition) is 5. The third-order valence-corrected chi connectivity index (χ3v) is 3.36. The third kappa shape index (κ3) is 2.54.